The predicted octanol–water partition coefficient (Wildman–Crippen LogP) is 0.0146. The van der Waals surface area contributed by atoms with E-state index in [1.54, 1.807) is 0 Å². The minimum atomic E-state index is -0.743. The first-order valence-electron chi connectivity index (χ1n) is 3.57. The molecule has 0 radical (unpaired) electrons. The first-order valence-corrected chi connectivity index (χ1v) is 3.57. The van der Waals surface area contributed by atoms with Crippen LogP contribution < -0.4 is 5.32 Å². The monoisotopic (exact) mass is 140 g/mol. The van der Waals surface area contributed by atoms with Crippen molar-refractivity contribution in [1.82, 2.24) is 5.32 Å². The summed E-state index contributed by atoms with van der Waals surface area (Å²) in [6, 6.07) is 1.99. The third-order valence-electron chi connectivity index (χ3n) is 1.86. The van der Waals surface area contributed by atoms with Gasteiger partial charge in [-0.3, -0.25) is 0 Å². The van der Waals surface area contributed by atoms with Gasteiger partial charge in [0.25, 0.3) is 0 Å². The molecule has 0 bridgehead atoms. The minimum absolute atomic E-state index is 0.250. The molecule has 3 nitrogen and oxygen atoms in total. The summed E-state index contributed by atoms with van der Waals surface area (Å²) in [5, 5.41) is 21.0. The van der Waals surface area contributed by atoms with Gasteiger partial charge in [0.2, 0.25) is 0 Å². The van der Waals surface area contributed by atoms with Gasteiger partial charge in [-0.1, -0.05) is 0 Å². The number of hydrogen-bond acceptors (Lipinski definition) is 3. The van der Waals surface area contributed by atoms with Crippen molar-refractivity contribution < 1.29 is 5.11 Å². The molecular weight excluding hydrogens is 128 g/mol. The van der Waals surface area contributed by atoms with E-state index in [-0.39, 0.29) is 6.42 Å². The van der Waals surface area contributed by atoms with Gasteiger partial charge in [-0.15, -0.1) is 0 Å². The highest BCUT2D eigenvalue weighted by Gasteiger charge is 2.28. The number of β-amino-alcohol motifs (C(OH)–C–C–N with tert-alkyl or cyclic N) is 1. The lowest BCUT2D eigenvalue weighted by Gasteiger charge is -2.30. The van der Waals surface area contributed by atoms with Gasteiger partial charge < -0.3 is 10.4 Å². The van der Waals surface area contributed by atoms with Crippen LogP contribution in [0.2, 0.25) is 0 Å². The number of rotatable bonds is 1. The van der Waals surface area contributed by atoms with Crippen molar-refractivity contribution in [1.29, 1.82) is 5.26 Å². The zero-order valence-corrected chi connectivity index (χ0v) is 5.93. The average molecular weight is 140 g/mol. The van der Waals surface area contributed by atoms with E-state index < -0.39 is 5.60 Å². The van der Waals surface area contributed by atoms with Crippen LogP contribution in [-0.2, 0) is 0 Å². The third-order valence-corrected chi connectivity index (χ3v) is 1.86. The van der Waals surface area contributed by atoms with Crippen LogP contribution in [0.25, 0.3) is 0 Å². The molecule has 1 saturated heterocycles. The third kappa shape index (κ3) is 1.69. The van der Waals surface area contributed by atoms with Gasteiger partial charge in [0.05, 0.1) is 18.1 Å². The topological polar surface area (TPSA) is 56.0 Å². The number of nitrogens with one attached hydrogen (secondary N) is 1. The molecule has 0 saturated carbocycles. The fourth-order valence-electron chi connectivity index (χ4n) is 1.25. The molecule has 1 fully saturated rings. The number of nitrogens with zero attached hydrogens (tertiary/aromatic N) is 1. The van der Waals surface area contributed by atoms with Gasteiger partial charge in [0.1, 0.15) is 0 Å². The molecule has 0 aromatic carbocycles. The lowest BCUT2D eigenvalue weighted by atomic mass is 9.92. The van der Waals surface area contributed by atoms with E-state index in [1.165, 1.54) is 0 Å². The minimum Gasteiger partial charge on any atom is -0.387 e. The molecule has 1 rings (SSSR count). The van der Waals surface area contributed by atoms with Crippen LogP contribution in [0.5, 0.6) is 0 Å². The van der Waals surface area contributed by atoms with Crippen molar-refractivity contribution in [2.75, 3.05) is 13.1 Å². The summed E-state index contributed by atoms with van der Waals surface area (Å²) in [4.78, 5) is 0. The van der Waals surface area contributed by atoms with Crippen molar-refractivity contribution in [3.8, 4) is 6.07 Å². The molecule has 0 aliphatic carbocycles. The lowest BCUT2D eigenvalue weighted by molar-refractivity contribution is 0.0211. The number of aliphatic hydroxyl groups is 1. The second-order valence-electron chi connectivity index (χ2n) is 2.84. The Kier molecular flexibility index (Phi) is 2.25. The molecule has 2 N–H and O–H groups in total. The van der Waals surface area contributed by atoms with Gasteiger partial charge in [0, 0.05) is 6.54 Å². The molecule has 1 unspecified atom stereocenters. The fraction of sp³-hybridized carbons (Fsp3) is 0.857. The standard InChI is InChI=1S/C7H12N2O/c8-4-3-7(10)2-1-5-9-6-7/h9-10H,1-3,5-6H2. The number of piperidine rings is 1. The SMILES string of the molecule is N#CCC1(O)CCCNC1. The largest absolute Gasteiger partial charge is 0.387 e. The van der Waals surface area contributed by atoms with Crippen LogP contribution >= 0.6 is 0 Å². The van der Waals surface area contributed by atoms with E-state index >= 15 is 0 Å². The Hall–Kier alpha value is -0.590. The Bertz CT molecular complexity index is 144. The van der Waals surface area contributed by atoms with Gasteiger partial charge >= 0.3 is 0 Å². The average Bonchev–Trinajstić information content (AvgIpc) is 1.89. The Morgan fingerprint density at radius 3 is 3.00 bits per heavy atom. The Balaban J connectivity index is 2.42. The van der Waals surface area contributed by atoms with Crippen LogP contribution in [0.1, 0.15) is 19.3 Å². The summed E-state index contributed by atoms with van der Waals surface area (Å²) >= 11 is 0. The maximum atomic E-state index is 9.59. The molecule has 1 heterocycles. The molecular formula is C7H12N2O. The lowest BCUT2D eigenvalue weighted by Crippen LogP contribution is -2.45. The van der Waals surface area contributed by atoms with Gasteiger partial charge in [-0.05, 0) is 19.4 Å². The highest BCUT2D eigenvalue weighted by molar-refractivity contribution is 4.92. The first-order chi connectivity index (χ1) is 4.77. The second-order valence-corrected chi connectivity index (χ2v) is 2.84. The quantitative estimate of drug-likeness (QED) is 0.539. The molecule has 1 aliphatic heterocycles. The van der Waals surface area contributed by atoms with Crippen molar-refractivity contribution in [2.45, 2.75) is 24.9 Å². The molecule has 0 spiro atoms. The van der Waals surface area contributed by atoms with Crippen LogP contribution in [0, 0.1) is 11.3 Å². The molecule has 1 aliphatic rings. The van der Waals surface area contributed by atoms with Crippen molar-refractivity contribution >= 4 is 0 Å². The van der Waals surface area contributed by atoms with Gasteiger partial charge in [-0.25, -0.2) is 0 Å². The molecule has 0 aromatic rings. The first kappa shape index (κ1) is 7.52. The van der Waals surface area contributed by atoms with Crippen molar-refractivity contribution in [3.05, 3.63) is 0 Å². The van der Waals surface area contributed by atoms with E-state index in [0.717, 1.165) is 19.4 Å². The molecule has 10 heavy (non-hydrogen) atoms. The second kappa shape index (κ2) is 3.00. The zero-order chi connectivity index (χ0) is 7.45. The van der Waals surface area contributed by atoms with Crippen molar-refractivity contribution in [3.63, 3.8) is 0 Å². The summed E-state index contributed by atoms with van der Waals surface area (Å²) in [7, 11) is 0. The van der Waals surface area contributed by atoms with Gasteiger partial charge in [-0.2, -0.15) is 5.26 Å². The van der Waals surface area contributed by atoms with Crippen LogP contribution in [0.15, 0.2) is 0 Å². The van der Waals surface area contributed by atoms with Crippen LogP contribution in [0.3, 0.4) is 0 Å². The Morgan fingerprint density at radius 1 is 1.70 bits per heavy atom. The number of nitriles is 1. The summed E-state index contributed by atoms with van der Waals surface area (Å²) in [6.07, 6.45) is 1.98. The fourth-order valence-corrected chi connectivity index (χ4v) is 1.25. The van der Waals surface area contributed by atoms with E-state index in [4.69, 9.17) is 5.26 Å². The van der Waals surface area contributed by atoms with E-state index in [9.17, 15) is 5.11 Å². The molecule has 56 valence electrons. The van der Waals surface area contributed by atoms with Crippen LogP contribution in [0.4, 0.5) is 0 Å². The summed E-state index contributed by atoms with van der Waals surface area (Å²) < 4.78 is 0. The Morgan fingerprint density at radius 2 is 2.50 bits per heavy atom. The summed E-state index contributed by atoms with van der Waals surface area (Å²) in [5.41, 5.74) is -0.743. The highest BCUT2D eigenvalue weighted by atomic mass is 16.3. The van der Waals surface area contributed by atoms with Crippen molar-refractivity contribution in [2.24, 2.45) is 0 Å². The maximum absolute atomic E-state index is 9.59. The predicted molar refractivity (Wildman–Crippen MR) is 37.3 cm³/mol. The van der Waals surface area contributed by atoms with Gasteiger partial charge in [0.15, 0.2) is 0 Å². The maximum Gasteiger partial charge on any atom is 0.0901 e. The highest BCUT2D eigenvalue weighted by Crippen LogP contribution is 2.18. The molecule has 3 heteroatoms. The molecule has 1 atom stereocenters. The zero-order valence-electron chi connectivity index (χ0n) is 5.93. The van der Waals surface area contributed by atoms with E-state index in [0.29, 0.717) is 6.54 Å². The number of hydrogen-bond donors (Lipinski definition) is 2. The normalized spacial score (nSPS) is 33.2. The van der Waals surface area contributed by atoms with E-state index in [2.05, 4.69) is 5.32 Å². The Labute approximate surface area is 60.7 Å². The van der Waals surface area contributed by atoms with E-state index in [1.807, 2.05) is 6.07 Å². The smallest absolute Gasteiger partial charge is 0.0901 e. The molecule has 0 amide bonds. The summed E-state index contributed by atoms with van der Waals surface area (Å²) in [5.74, 6) is 0. The van der Waals surface area contributed by atoms with Crippen LogP contribution in [-0.4, -0.2) is 23.8 Å². The summed E-state index contributed by atoms with van der Waals surface area (Å²) in [6.45, 7) is 1.54. The molecule has 0 aromatic heterocycles.